The van der Waals surface area contributed by atoms with Gasteiger partial charge in [0.05, 0.1) is 23.9 Å². The van der Waals surface area contributed by atoms with Gasteiger partial charge in [-0.3, -0.25) is 9.69 Å². The van der Waals surface area contributed by atoms with Gasteiger partial charge in [0, 0.05) is 30.6 Å². The first-order valence-corrected chi connectivity index (χ1v) is 11.2. The molecule has 1 saturated heterocycles. The van der Waals surface area contributed by atoms with Gasteiger partial charge in [0.15, 0.2) is 22.5 Å². The van der Waals surface area contributed by atoms with Crippen molar-refractivity contribution in [3.05, 3.63) is 71.3 Å². The fourth-order valence-corrected chi connectivity index (χ4v) is 4.50. The number of halogens is 5. The van der Waals surface area contributed by atoms with Gasteiger partial charge in [0.2, 0.25) is 0 Å². The Morgan fingerprint density at radius 1 is 1.22 bits per heavy atom. The maximum Gasteiger partial charge on any atom is 0.420 e. The molecule has 192 valence electrons. The summed E-state index contributed by atoms with van der Waals surface area (Å²) in [6.45, 7) is 2.96. The minimum atomic E-state index is -5.19. The number of carbonyl (C=O) groups excluding carboxylic acids is 1. The molecule has 0 saturated carbocycles. The second-order valence-corrected chi connectivity index (χ2v) is 8.86. The minimum absolute atomic E-state index is 0.0747. The Morgan fingerprint density at radius 2 is 1.95 bits per heavy atom. The number of rotatable bonds is 6. The molecule has 0 spiro atoms. The topological polar surface area (TPSA) is 85.2 Å². The van der Waals surface area contributed by atoms with Crippen LogP contribution in [0.4, 0.5) is 33.3 Å². The summed E-state index contributed by atoms with van der Waals surface area (Å²) < 4.78 is 75.9. The van der Waals surface area contributed by atoms with Crippen molar-refractivity contribution in [2.75, 3.05) is 16.4 Å². The van der Waals surface area contributed by atoms with E-state index in [4.69, 9.17) is 22.2 Å². The first kappa shape index (κ1) is 26.0. The highest BCUT2D eigenvalue weighted by Gasteiger charge is 2.52. The lowest BCUT2D eigenvalue weighted by Crippen LogP contribution is -2.44. The van der Waals surface area contributed by atoms with Gasteiger partial charge >= 0.3 is 6.18 Å². The van der Waals surface area contributed by atoms with Crippen LogP contribution in [-0.2, 0) is 17.4 Å². The van der Waals surface area contributed by atoms with Crippen LogP contribution >= 0.6 is 12.2 Å². The number of aromatic nitrogens is 2. The Labute approximate surface area is 213 Å². The summed E-state index contributed by atoms with van der Waals surface area (Å²) in [6.07, 6.45) is -1.58. The maximum absolute atomic E-state index is 15.1. The fourth-order valence-electron chi connectivity index (χ4n) is 3.99. The smallest absolute Gasteiger partial charge is 0.420 e. The SMILES string of the molecule is CC1(C)C(=O)N(c2ccc(C#N)c(C(F)(F)F)c2F)C(=S)N1c1ccc(OCCc2ncc[nH]2)c(F)c1. The van der Waals surface area contributed by atoms with E-state index in [1.165, 1.54) is 36.9 Å². The molecule has 0 unspecified atom stereocenters. The molecule has 0 radical (unpaired) electrons. The highest BCUT2D eigenvalue weighted by Crippen LogP contribution is 2.42. The highest BCUT2D eigenvalue weighted by molar-refractivity contribution is 7.81. The van der Waals surface area contributed by atoms with E-state index in [9.17, 15) is 22.4 Å². The molecule has 1 N–H and O–H groups in total. The minimum Gasteiger partial charge on any atom is -0.490 e. The first-order valence-electron chi connectivity index (χ1n) is 10.8. The number of nitrogens with zero attached hydrogens (tertiary/aromatic N) is 4. The van der Waals surface area contributed by atoms with Crippen molar-refractivity contribution in [1.29, 1.82) is 5.26 Å². The number of hydrogen-bond donors (Lipinski definition) is 1. The van der Waals surface area contributed by atoms with Crippen LogP contribution in [0.25, 0.3) is 0 Å². The van der Waals surface area contributed by atoms with Gasteiger partial charge in [-0.05, 0) is 50.3 Å². The van der Waals surface area contributed by atoms with E-state index in [1.807, 2.05) is 0 Å². The number of imidazole rings is 1. The molecule has 13 heteroatoms. The second kappa shape index (κ2) is 9.44. The third kappa shape index (κ3) is 4.60. The summed E-state index contributed by atoms with van der Waals surface area (Å²) in [7, 11) is 0. The Kier molecular flexibility index (Phi) is 6.64. The van der Waals surface area contributed by atoms with Crippen LogP contribution in [0.5, 0.6) is 5.75 Å². The van der Waals surface area contributed by atoms with E-state index in [2.05, 4.69) is 9.97 Å². The van der Waals surface area contributed by atoms with Gasteiger partial charge in [-0.1, -0.05) is 0 Å². The summed E-state index contributed by atoms with van der Waals surface area (Å²) >= 11 is 5.36. The molecule has 0 aliphatic carbocycles. The van der Waals surface area contributed by atoms with Crippen LogP contribution in [0.3, 0.4) is 0 Å². The Hall–Kier alpha value is -4.05. The van der Waals surface area contributed by atoms with Crippen LogP contribution in [0, 0.1) is 23.0 Å². The zero-order chi connectivity index (χ0) is 27.1. The van der Waals surface area contributed by atoms with Gasteiger partial charge in [0.1, 0.15) is 16.9 Å². The zero-order valence-corrected chi connectivity index (χ0v) is 20.2. The van der Waals surface area contributed by atoms with E-state index in [0.717, 1.165) is 18.2 Å². The monoisotopic (exact) mass is 535 g/mol. The lowest BCUT2D eigenvalue weighted by atomic mass is 10.0. The molecule has 1 amide bonds. The molecular weight excluding hydrogens is 517 g/mol. The number of nitrogens with one attached hydrogen (secondary N) is 1. The number of H-pyrrole nitrogens is 1. The molecule has 1 fully saturated rings. The van der Waals surface area contributed by atoms with Gasteiger partial charge in [-0.2, -0.15) is 18.4 Å². The molecule has 2 aromatic carbocycles. The number of amides is 1. The normalized spacial score (nSPS) is 15.3. The number of benzene rings is 2. The zero-order valence-electron chi connectivity index (χ0n) is 19.4. The van der Waals surface area contributed by atoms with Gasteiger partial charge in [-0.15, -0.1) is 0 Å². The van der Waals surface area contributed by atoms with Gasteiger partial charge in [-0.25, -0.2) is 13.8 Å². The number of ether oxygens (including phenoxy) is 1. The second-order valence-electron chi connectivity index (χ2n) is 8.50. The average Bonchev–Trinajstić information content (AvgIpc) is 3.39. The van der Waals surface area contributed by atoms with Crippen molar-refractivity contribution in [1.82, 2.24) is 9.97 Å². The van der Waals surface area contributed by atoms with E-state index < -0.39 is 46.1 Å². The molecule has 4 rings (SSSR count). The van der Waals surface area contributed by atoms with Crippen molar-refractivity contribution in [2.24, 2.45) is 0 Å². The number of alkyl halides is 3. The summed E-state index contributed by atoms with van der Waals surface area (Å²) in [5, 5.41) is 8.65. The molecule has 1 aromatic heterocycles. The van der Waals surface area contributed by atoms with Crippen LogP contribution in [0.2, 0.25) is 0 Å². The molecule has 0 atom stereocenters. The first-order chi connectivity index (χ1) is 17.4. The van der Waals surface area contributed by atoms with Crippen LogP contribution in [0.15, 0.2) is 42.7 Å². The summed E-state index contributed by atoms with van der Waals surface area (Å²) in [6, 6.07) is 6.75. The van der Waals surface area contributed by atoms with Crippen molar-refractivity contribution in [3.63, 3.8) is 0 Å². The largest absolute Gasteiger partial charge is 0.490 e. The van der Waals surface area contributed by atoms with E-state index in [0.29, 0.717) is 17.1 Å². The van der Waals surface area contributed by atoms with E-state index in [-0.39, 0.29) is 23.2 Å². The summed E-state index contributed by atoms with van der Waals surface area (Å²) in [5.41, 5.74) is -4.92. The standard InChI is InChI=1S/C24H18F5N5O2S/c1-23(2)21(35)33(16-5-3-13(12-30)19(20(16)26)24(27,28)29)22(37)34(23)14-4-6-17(15(25)11-14)36-10-7-18-31-8-9-32-18/h3-6,8-9,11H,7,10H2,1-2H3,(H,31,32). The molecule has 3 aromatic rings. The van der Waals surface area contributed by atoms with E-state index in [1.54, 1.807) is 12.4 Å². The van der Waals surface area contributed by atoms with Gasteiger partial charge in [0.25, 0.3) is 5.91 Å². The number of thiocarbonyl (C=S) groups is 1. The lowest BCUT2D eigenvalue weighted by Gasteiger charge is -2.29. The molecule has 2 heterocycles. The number of carbonyl (C=O) groups is 1. The van der Waals surface area contributed by atoms with Crippen molar-refractivity contribution < 1.29 is 31.5 Å². The number of hydrogen-bond acceptors (Lipinski definition) is 5. The Bertz CT molecular complexity index is 1420. The lowest BCUT2D eigenvalue weighted by molar-refractivity contribution is -0.140. The molecular formula is C24H18F5N5O2S. The highest BCUT2D eigenvalue weighted by atomic mass is 32.1. The number of nitriles is 1. The molecule has 37 heavy (non-hydrogen) atoms. The quantitative estimate of drug-likeness (QED) is 0.349. The Morgan fingerprint density at radius 3 is 2.54 bits per heavy atom. The predicted molar refractivity (Wildman–Crippen MR) is 127 cm³/mol. The third-order valence-corrected chi connectivity index (χ3v) is 6.12. The van der Waals surface area contributed by atoms with Crippen molar-refractivity contribution >= 4 is 34.6 Å². The van der Waals surface area contributed by atoms with Crippen LogP contribution < -0.4 is 14.5 Å². The number of anilines is 2. The molecule has 1 aliphatic heterocycles. The molecule has 7 nitrogen and oxygen atoms in total. The molecule has 1 aliphatic rings. The Balaban J connectivity index is 1.66. The van der Waals surface area contributed by atoms with Crippen LogP contribution in [-0.4, -0.2) is 33.1 Å². The van der Waals surface area contributed by atoms with Crippen LogP contribution in [0.1, 0.15) is 30.8 Å². The van der Waals surface area contributed by atoms with Gasteiger partial charge < -0.3 is 14.6 Å². The van der Waals surface area contributed by atoms with E-state index >= 15 is 4.39 Å². The third-order valence-electron chi connectivity index (χ3n) is 5.76. The van der Waals surface area contributed by atoms with Crippen molar-refractivity contribution in [3.8, 4) is 11.8 Å². The summed E-state index contributed by atoms with van der Waals surface area (Å²) in [5.74, 6) is -2.84. The molecule has 0 bridgehead atoms. The average molecular weight is 535 g/mol. The number of aromatic amines is 1. The predicted octanol–water partition coefficient (Wildman–Crippen LogP) is 5.12. The summed E-state index contributed by atoms with van der Waals surface area (Å²) in [4.78, 5) is 22.0. The maximum atomic E-state index is 15.1. The van der Waals surface area contributed by atoms with Crippen molar-refractivity contribution in [2.45, 2.75) is 32.0 Å². The fraction of sp³-hybridized carbons (Fsp3) is 0.250.